The molecule has 56 valence electrons. The van der Waals surface area contributed by atoms with Gasteiger partial charge in [-0.1, -0.05) is 0 Å². The lowest BCUT2D eigenvalue weighted by molar-refractivity contribution is 1.40. The van der Waals surface area contributed by atoms with Crippen LogP contribution in [0.1, 0.15) is 13.8 Å². The van der Waals surface area contributed by atoms with Crippen LogP contribution >= 0.6 is 12.4 Å². The molecule has 0 atom stereocenters. The standard InChI is InChI=1S/C7H10N2.ClH/c1-6(2)9-7-3-4-8-5-7;/h3-5,8H,1-2H3;1H. The zero-order chi connectivity index (χ0) is 6.69. The van der Waals surface area contributed by atoms with E-state index in [-0.39, 0.29) is 12.4 Å². The van der Waals surface area contributed by atoms with Crippen molar-refractivity contribution in [3.8, 4) is 0 Å². The van der Waals surface area contributed by atoms with E-state index in [0.717, 1.165) is 11.4 Å². The van der Waals surface area contributed by atoms with Gasteiger partial charge in [0.05, 0.1) is 5.69 Å². The molecule has 0 bridgehead atoms. The summed E-state index contributed by atoms with van der Waals surface area (Å²) in [6.45, 7) is 3.96. The van der Waals surface area contributed by atoms with Crippen LogP contribution in [0.15, 0.2) is 23.5 Å². The number of aliphatic imine (C=N–C) groups is 1. The number of nitrogens with one attached hydrogen (secondary N) is 1. The van der Waals surface area contributed by atoms with Crippen LogP contribution in [0, 0.1) is 0 Å². The van der Waals surface area contributed by atoms with Gasteiger partial charge in [-0.15, -0.1) is 12.4 Å². The van der Waals surface area contributed by atoms with Crippen molar-refractivity contribution in [3.05, 3.63) is 18.5 Å². The fourth-order valence-corrected chi connectivity index (χ4v) is 0.643. The van der Waals surface area contributed by atoms with Gasteiger partial charge >= 0.3 is 0 Å². The van der Waals surface area contributed by atoms with Crippen molar-refractivity contribution >= 4 is 23.8 Å². The van der Waals surface area contributed by atoms with Crippen molar-refractivity contribution < 1.29 is 0 Å². The molecule has 0 unspecified atom stereocenters. The van der Waals surface area contributed by atoms with Crippen LogP contribution in [0.25, 0.3) is 0 Å². The summed E-state index contributed by atoms with van der Waals surface area (Å²) in [6.07, 6.45) is 3.73. The summed E-state index contributed by atoms with van der Waals surface area (Å²) in [6, 6.07) is 1.94. The highest BCUT2D eigenvalue weighted by Crippen LogP contribution is 2.08. The van der Waals surface area contributed by atoms with Gasteiger partial charge in [0.2, 0.25) is 0 Å². The van der Waals surface area contributed by atoms with E-state index in [2.05, 4.69) is 9.98 Å². The lowest BCUT2D eigenvalue weighted by Gasteiger charge is -1.84. The number of aromatic amines is 1. The highest BCUT2D eigenvalue weighted by atomic mass is 35.5. The highest BCUT2D eigenvalue weighted by Gasteiger charge is 1.84. The number of hydrogen-bond acceptors (Lipinski definition) is 1. The fraction of sp³-hybridized carbons (Fsp3) is 0.286. The van der Waals surface area contributed by atoms with Crippen molar-refractivity contribution in [2.45, 2.75) is 13.8 Å². The average molecular weight is 159 g/mol. The summed E-state index contributed by atoms with van der Waals surface area (Å²) in [5.74, 6) is 0. The molecule has 1 N–H and O–H groups in total. The first-order chi connectivity index (χ1) is 4.29. The Morgan fingerprint density at radius 3 is 2.60 bits per heavy atom. The van der Waals surface area contributed by atoms with E-state index in [1.807, 2.05) is 32.3 Å². The smallest absolute Gasteiger partial charge is 0.0802 e. The van der Waals surface area contributed by atoms with Gasteiger partial charge in [0, 0.05) is 18.1 Å². The van der Waals surface area contributed by atoms with E-state index < -0.39 is 0 Å². The highest BCUT2D eigenvalue weighted by molar-refractivity contribution is 5.85. The SMILES string of the molecule is CC(C)=Nc1cc[nH]c1.Cl. The molecular weight excluding hydrogens is 148 g/mol. The lowest BCUT2D eigenvalue weighted by Crippen LogP contribution is -1.75. The maximum Gasteiger partial charge on any atom is 0.0802 e. The van der Waals surface area contributed by atoms with Crippen LogP contribution in [0.4, 0.5) is 5.69 Å². The second-order valence-electron chi connectivity index (χ2n) is 2.13. The Labute approximate surface area is 66.8 Å². The molecule has 0 aliphatic carbocycles. The van der Waals surface area contributed by atoms with Gasteiger partial charge in [0.1, 0.15) is 0 Å². The largest absolute Gasteiger partial charge is 0.366 e. The molecule has 0 aliphatic rings. The molecule has 0 fully saturated rings. The summed E-state index contributed by atoms with van der Waals surface area (Å²) in [7, 11) is 0. The third kappa shape index (κ3) is 2.69. The second kappa shape index (κ2) is 4.12. The first-order valence-electron chi connectivity index (χ1n) is 2.94. The Balaban J connectivity index is 0.000000810. The molecular formula is C7H11ClN2. The number of aromatic nitrogens is 1. The van der Waals surface area contributed by atoms with Crippen molar-refractivity contribution in [1.29, 1.82) is 0 Å². The Kier molecular flexibility index (Phi) is 3.81. The van der Waals surface area contributed by atoms with Gasteiger partial charge in [-0.3, -0.25) is 4.99 Å². The molecule has 3 heteroatoms. The second-order valence-corrected chi connectivity index (χ2v) is 2.13. The quantitative estimate of drug-likeness (QED) is 0.609. The minimum atomic E-state index is 0. The van der Waals surface area contributed by atoms with E-state index in [9.17, 15) is 0 Å². The molecule has 10 heavy (non-hydrogen) atoms. The monoisotopic (exact) mass is 158 g/mol. The summed E-state index contributed by atoms with van der Waals surface area (Å²) < 4.78 is 0. The molecule has 0 saturated carbocycles. The molecule has 0 radical (unpaired) electrons. The molecule has 0 aliphatic heterocycles. The van der Waals surface area contributed by atoms with Crippen molar-refractivity contribution in [3.63, 3.8) is 0 Å². The van der Waals surface area contributed by atoms with Crippen LogP contribution in [-0.4, -0.2) is 10.7 Å². The Bertz CT molecular complexity index is 197. The normalized spacial score (nSPS) is 8.20. The number of halogens is 1. The van der Waals surface area contributed by atoms with Crippen molar-refractivity contribution in [2.24, 2.45) is 4.99 Å². The predicted octanol–water partition coefficient (Wildman–Crippen LogP) is 2.55. The first kappa shape index (κ1) is 9.24. The first-order valence-corrected chi connectivity index (χ1v) is 2.94. The summed E-state index contributed by atoms with van der Waals surface area (Å²) in [5.41, 5.74) is 2.07. The van der Waals surface area contributed by atoms with E-state index in [4.69, 9.17) is 0 Å². The molecule has 0 saturated heterocycles. The average Bonchev–Trinajstić information content (AvgIpc) is 2.15. The molecule has 0 spiro atoms. The van der Waals surface area contributed by atoms with E-state index >= 15 is 0 Å². The zero-order valence-corrected chi connectivity index (χ0v) is 6.90. The van der Waals surface area contributed by atoms with Crippen molar-refractivity contribution in [2.75, 3.05) is 0 Å². The third-order valence-corrected chi connectivity index (χ3v) is 0.934. The minimum Gasteiger partial charge on any atom is -0.366 e. The zero-order valence-electron chi connectivity index (χ0n) is 6.09. The van der Waals surface area contributed by atoms with Crippen LogP contribution in [0.2, 0.25) is 0 Å². The fourth-order valence-electron chi connectivity index (χ4n) is 0.643. The van der Waals surface area contributed by atoms with E-state index in [1.54, 1.807) is 0 Å². The molecule has 1 aromatic heterocycles. The molecule has 2 nitrogen and oxygen atoms in total. The molecule has 0 aromatic carbocycles. The summed E-state index contributed by atoms with van der Waals surface area (Å²) >= 11 is 0. The topological polar surface area (TPSA) is 28.1 Å². The van der Waals surface area contributed by atoms with E-state index in [0.29, 0.717) is 0 Å². The van der Waals surface area contributed by atoms with Gasteiger partial charge in [-0.05, 0) is 19.9 Å². The maximum atomic E-state index is 4.20. The summed E-state index contributed by atoms with van der Waals surface area (Å²) in [5, 5.41) is 0. The Morgan fingerprint density at radius 1 is 1.50 bits per heavy atom. The van der Waals surface area contributed by atoms with Crippen LogP contribution in [-0.2, 0) is 0 Å². The maximum absolute atomic E-state index is 4.20. The van der Waals surface area contributed by atoms with Gasteiger partial charge in [-0.2, -0.15) is 0 Å². The van der Waals surface area contributed by atoms with Gasteiger partial charge in [-0.25, -0.2) is 0 Å². The number of nitrogens with zero attached hydrogens (tertiary/aromatic N) is 1. The minimum absolute atomic E-state index is 0. The van der Waals surface area contributed by atoms with Crippen LogP contribution in [0.5, 0.6) is 0 Å². The predicted molar refractivity (Wildman–Crippen MR) is 46.5 cm³/mol. The molecule has 1 aromatic rings. The number of hydrogen-bond donors (Lipinski definition) is 1. The molecule has 1 heterocycles. The number of rotatable bonds is 1. The van der Waals surface area contributed by atoms with Crippen LogP contribution < -0.4 is 0 Å². The Hall–Kier alpha value is -0.760. The van der Waals surface area contributed by atoms with Gasteiger partial charge in [0.25, 0.3) is 0 Å². The van der Waals surface area contributed by atoms with Crippen LogP contribution in [0.3, 0.4) is 0 Å². The molecule has 0 amide bonds. The van der Waals surface area contributed by atoms with Gasteiger partial charge in [0.15, 0.2) is 0 Å². The van der Waals surface area contributed by atoms with E-state index in [1.165, 1.54) is 0 Å². The van der Waals surface area contributed by atoms with Crippen molar-refractivity contribution in [1.82, 2.24) is 4.98 Å². The Morgan fingerprint density at radius 2 is 2.20 bits per heavy atom. The lowest BCUT2D eigenvalue weighted by atomic mass is 10.4. The molecule has 1 rings (SSSR count). The number of H-pyrrole nitrogens is 1. The van der Waals surface area contributed by atoms with Gasteiger partial charge < -0.3 is 4.98 Å². The third-order valence-electron chi connectivity index (χ3n) is 0.934. The summed E-state index contributed by atoms with van der Waals surface area (Å²) in [4.78, 5) is 7.13.